The minimum absolute atomic E-state index is 0.0337. The second kappa shape index (κ2) is 5.80. The fourth-order valence-electron chi connectivity index (χ4n) is 1.17. The first-order chi connectivity index (χ1) is 7.04. The maximum absolute atomic E-state index is 11.8. The monoisotopic (exact) mass is 258 g/mol. The molecule has 0 saturated carbocycles. The summed E-state index contributed by atoms with van der Waals surface area (Å²) < 4.78 is 35.5. The van der Waals surface area contributed by atoms with Crippen LogP contribution < -0.4 is 0 Å². The Hall–Kier alpha value is -0.390. The lowest BCUT2D eigenvalue weighted by Gasteiger charge is -2.26. The van der Waals surface area contributed by atoms with Crippen molar-refractivity contribution in [2.75, 3.05) is 5.75 Å². The molecule has 16 heavy (non-hydrogen) atoms. The van der Waals surface area contributed by atoms with Crippen molar-refractivity contribution < 1.29 is 23.1 Å². The molecule has 0 aliphatic rings. The highest BCUT2D eigenvalue weighted by molar-refractivity contribution is 8.00. The fraction of sp³-hybridized carbons (Fsp3) is 0.900. The number of carboxylic acid groups (broad SMARTS) is 1. The van der Waals surface area contributed by atoms with E-state index < -0.39 is 29.2 Å². The summed E-state index contributed by atoms with van der Waals surface area (Å²) in [6, 6.07) is 0. The predicted molar refractivity (Wildman–Crippen MR) is 58.6 cm³/mol. The van der Waals surface area contributed by atoms with E-state index >= 15 is 0 Å². The molecule has 0 aromatic carbocycles. The molecular formula is C10H17F3O2S. The first kappa shape index (κ1) is 15.6. The smallest absolute Gasteiger partial charge is 0.389 e. The molecule has 6 heteroatoms. The third-order valence-electron chi connectivity index (χ3n) is 1.90. The summed E-state index contributed by atoms with van der Waals surface area (Å²) in [5.41, 5.74) is -0.450. The van der Waals surface area contributed by atoms with Gasteiger partial charge in [-0.1, -0.05) is 20.8 Å². The zero-order chi connectivity index (χ0) is 13.0. The fourth-order valence-corrected chi connectivity index (χ4v) is 2.35. The summed E-state index contributed by atoms with van der Waals surface area (Å²) in [7, 11) is 0. The predicted octanol–water partition coefficient (Wildman–Crippen LogP) is 3.56. The number of rotatable bonds is 5. The molecule has 0 aromatic rings. The molecule has 0 radical (unpaired) electrons. The maximum Gasteiger partial charge on any atom is 0.389 e. The van der Waals surface area contributed by atoms with E-state index in [2.05, 4.69) is 0 Å². The minimum Gasteiger partial charge on any atom is -0.480 e. The summed E-state index contributed by atoms with van der Waals surface area (Å²) in [5, 5.41) is 8.26. The maximum atomic E-state index is 11.8. The van der Waals surface area contributed by atoms with Gasteiger partial charge < -0.3 is 5.11 Å². The lowest BCUT2D eigenvalue weighted by atomic mass is 9.92. The topological polar surface area (TPSA) is 37.3 Å². The van der Waals surface area contributed by atoms with Crippen molar-refractivity contribution in [2.24, 2.45) is 5.41 Å². The van der Waals surface area contributed by atoms with E-state index in [1.807, 2.05) is 0 Å². The SMILES string of the molecule is CC(C)(C)C(SCCCC(F)(F)F)C(=O)O. The average Bonchev–Trinajstić information content (AvgIpc) is 1.97. The van der Waals surface area contributed by atoms with Crippen molar-refractivity contribution in [1.29, 1.82) is 0 Å². The van der Waals surface area contributed by atoms with Gasteiger partial charge in [-0.25, -0.2) is 0 Å². The van der Waals surface area contributed by atoms with Crippen LogP contribution in [0.15, 0.2) is 0 Å². The van der Waals surface area contributed by atoms with E-state index in [4.69, 9.17) is 5.11 Å². The van der Waals surface area contributed by atoms with Crippen LogP contribution in [0.25, 0.3) is 0 Å². The third-order valence-corrected chi connectivity index (χ3v) is 3.67. The number of hydrogen-bond acceptors (Lipinski definition) is 2. The molecule has 2 nitrogen and oxygen atoms in total. The van der Waals surface area contributed by atoms with Gasteiger partial charge >= 0.3 is 12.1 Å². The van der Waals surface area contributed by atoms with Crippen molar-refractivity contribution >= 4 is 17.7 Å². The van der Waals surface area contributed by atoms with Crippen molar-refractivity contribution in [3.8, 4) is 0 Å². The van der Waals surface area contributed by atoms with E-state index in [0.29, 0.717) is 0 Å². The molecule has 1 N–H and O–H groups in total. The number of thioether (sulfide) groups is 1. The zero-order valence-corrected chi connectivity index (χ0v) is 10.4. The number of halogens is 3. The quantitative estimate of drug-likeness (QED) is 0.766. The summed E-state index contributed by atoms with van der Waals surface area (Å²) in [6.07, 6.45) is -5.04. The molecule has 0 bridgehead atoms. The van der Waals surface area contributed by atoms with Gasteiger partial charge in [0.1, 0.15) is 5.25 Å². The first-order valence-electron chi connectivity index (χ1n) is 4.95. The van der Waals surface area contributed by atoms with E-state index in [-0.39, 0.29) is 12.2 Å². The first-order valence-corrected chi connectivity index (χ1v) is 6.00. The van der Waals surface area contributed by atoms with Crippen molar-refractivity contribution in [3.63, 3.8) is 0 Å². The van der Waals surface area contributed by atoms with Crippen LogP contribution >= 0.6 is 11.8 Å². The van der Waals surface area contributed by atoms with Crippen LogP contribution in [-0.2, 0) is 4.79 Å². The Balaban J connectivity index is 4.02. The molecule has 0 saturated heterocycles. The number of carbonyl (C=O) groups is 1. The lowest BCUT2D eigenvalue weighted by Crippen LogP contribution is -2.31. The van der Waals surface area contributed by atoms with Crippen LogP contribution in [0, 0.1) is 5.41 Å². The molecule has 0 aromatic heterocycles. The molecule has 0 rings (SSSR count). The second-order valence-electron chi connectivity index (χ2n) is 4.67. The third kappa shape index (κ3) is 6.98. The van der Waals surface area contributed by atoms with Crippen LogP contribution in [0.3, 0.4) is 0 Å². The van der Waals surface area contributed by atoms with Gasteiger partial charge in [0.2, 0.25) is 0 Å². The highest BCUT2D eigenvalue weighted by Gasteiger charge is 2.32. The molecule has 1 unspecified atom stereocenters. The standard InChI is InChI=1S/C10H17F3O2S/c1-9(2,3)7(8(14)15)16-6-4-5-10(11,12)13/h7H,4-6H2,1-3H3,(H,14,15). The Morgan fingerprint density at radius 3 is 2.12 bits per heavy atom. The largest absolute Gasteiger partial charge is 0.480 e. The number of carboxylic acids is 1. The summed E-state index contributed by atoms with van der Waals surface area (Å²) in [6.45, 7) is 5.30. The molecule has 0 aliphatic carbocycles. The number of aliphatic carboxylic acids is 1. The minimum atomic E-state index is -4.15. The van der Waals surface area contributed by atoms with Gasteiger partial charge in [-0.2, -0.15) is 13.2 Å². The average molecular weight is 258 g/mol. The Labute approximate surface area is 97.6 Å². The van der Waals surface area contributed by atoms with Crippen LogP contribution in [0.5, 0.6) is 0 Å². The molecule has 96 valence electrons. The Bertz CT molecular complexity index is 233. The van der Waals surface area contributed by atoms with Crippen LogP contribution in [0.1, 0.15) is 33.6 Å². The summed E-state index contributed by atoms with van der Waals surface area (Å²) in [4.78, 5) is 10.9. The highest BCUT2D eigenvalue weighted by Crippen LogP contribution is 2.32. The normalized spacial score (nSPS) is 14.9. The van der Waals surface area contributed by atoms with Gasteiger partial charge in [0.25, 0.3) is 0 Å². The highest BCUT2D eigenvalue weighted by atomic mass is 32.2. The number of hydrogen-bond donors (Lipinski definition) is 1. The van der Waals surface area contributed by atoms with Gasteiger partial charge in [-0.05, 0) is 17.6 Å². The van der Waals surface area contributed by atoms with E-state index in [9.17, 15) is 18.0 Å². The Morgan fingerprint density at radius 1 is 1.31 bits per heavy atom. The lowest BCUT2D eigenvalue weighted by molar-refractivity contribution is -0.138. The molecule has 0 fully saturated rings. The van der Waals surface area contributed by atoms with Crippen LogP contribution in [0.4, 0.5) is 13.2 Å². The second-order valence-corrected chi connectivity index (χ2v) is 5.89. The molecular weight excluding hydrogens is 241 g/mol. The molecule has 0 amide bonds. The number of alkyl halides is 3. The van der Waals surface area contributed by atoms with Gasteiger partial charge in [-0.15, -0.1) is 11.8 Å². The van der Waals surface area contributed by atoms with Crippen molar-refractivity contribution in [2.45, 2.75) is 45.0 Å². The zero-order valence-electron chi connectivity index (χ0n) is 9.60. The van der Waals surface area contributed by atoms with E-state index in [1.165, 1.54) is 0 Å². The van der Waals surface area contributed by atoms with E-state index in [1.54, 1.807) is 20.8 Å². The molecule has 0 spiro atoms. The van der Waals surface area contributed by atoms with Crippen LogP contribution in [-0.4, -0.2) is 28.3 Å². The molecule has 1 atom stereocenters. The summed E-state index contributed by atoms with van der Waals surface area (Å²) >= 11 is 1.08. The van der Waals surface area contributed by atoms with Crippen molar-refractivity contribution in [1.82, 2.24) is 0 Å². The van der Waals surface area contributed by atoms with Gasteiger partial charge in [0.15, 0.2) is 0 Å². The molecule has 0 aliphatic heterocycles. The van der Waals surface area contributed by atoms with Crippen molar-refractivity contribution in [3.05, 3.63) is 0 Å². The van der Waals surface area contributed by atoms with Gasteiger partial charge in [0.05, 0.1) is 0 Å². The van der Waals surface area contributed by atoms with Gasteiger partial charge in [0, 0.05) is 6.42 Å². The molecule has 0 heterocycles. The Kier molecular flexibility index (Phi) is 5.65. The van der Waals surface area contributed by atoms with Crippen LogP contribution in [0.2, 0.25) is 0 Å². The van der Waals surface area contributed by atoms with E-state index in [0.717, 1.165) is 11.8 Å². The Morgan fingerprint density at radius 2 is 1.81 bits per heavy atom. The van der Waals surface area contributed by atoms with Gasteiger partial charge in [-0.3, -0.25) is 4.79 Å². The summed E-state index contributed by atoms with van der Waals surface area (Å²) in [5.74, 6) is -0.752.